The molecule has 1 aromatic carbocycles. The van der Waals surface area contributed by atoms with Crippen LogP contribution in [0.25, 0.3) is 10.9 Å². The monoisotopic (exact) mass is 430 g/mol. The Labute approximate surface area is 186 Å². The lowest BCUT2D eigenvalue weighted by molar-refractivity contribution is -0.0475. The summed E-state index contributed by atoms with van der Waals surface area (Å²) in [5, 5.41) is 1.31. The fourth-order valence-corrected chi connectivity index (χ4v) is 4.35. The Morgan fingerprint density at radius 2 is 2.06 bits per heavy atom. The van der Waals surface area contributed by atoms with Crippen LogP contribution in [-0.4, -0.2) is 54.8 Å². The fourth-order valence-electron chi connectivity index (χ4n) is 4.35. The second kappa shape index (κ2) is 10.0. The highest BCUT2D eigenvalue weighted by Crippen LogP contribution is 2.27. The lowest BCUT2D eigenvalue weighted by atomic mass is 9.89. The lowest BCUT2D eigenvalue weighted by Crippen LogP contribution is -2.44. The van der Waals surface area contributed by atoms with Crippen molar-refractivity contribution in [2.75, 3.05) is 33.5 Å². The van der Waals surface area contributed by atoms with E-state index < -0.39 is 5.72 Å². The molecule has 1 fully saturated rings. The van der Waals surface area contributed by atoms with E-state index in [9.17, 15) is 4.79 Å². The van der Waals surface area contributed by atoms with Crippen molar-refractivity contribution in [1.82, 2.24) is 9.47 Å². The van der Waals surface area contributed by atoms with Crippen LogP contribution in [-0.2, 0) is 34.1 Å². The van der Waals surface area contributed by atoms with Crippen molar-refractivity contribution < 1.29 is 19.0 Å². The number of amides is 1. The summed E-state index contributed by atoms with van der Waals surface area (Å²) in [6.45, 7) is 10.5. The maximum absolute atomic E-state index is 12.6. The van der Waals surface area contributed by atoms with Crippen molar-refractivity contribution in [3.63, 3.8) is 0 Å². The third-order valence-electron chi connectivity index (χ3n) is 6.43. The van der Waals surface area contributed by atoms with Gasteiger partial charge in [-0.05, 0) is 68.2 Å². The minimum absolute atomic E-state index is 0.258. The molecule has 1 unspecified atom stereocenters. The summed E-state index contributed by atoms with van der Waals surface area (Å²) >= 11 is 0. The van der Waals surface area contributed by atoms with Crippen LogP contribution in [0.15, 0.2) is 24.4 Å². The van der Waals surface area contributed by atoms with E-state index in [1.54, 1.807) is 12.0 Å². The van der Waals surface area contributed by atoms with Gasteiger partial charge < -0.3 is 18.8 Å². The number of hydrogen-bond acceptors (Lipinski definition) is 4. The third kappa shape index (κ3) is 5.60. The van der Waals surface area contributed by atoms with E-state index in [-0.39, 0.29) is 12.0 Å². The second-order valence-electron chi connectivity index (χ2n) is 9.45. The van der Waals surface area contributed by atoms with E-state index in [0.29, 0.717) is 25.7 Å². The summed E-state index contributed by atoms with van der Waals surface area (Å²) in [6, 6.07) is 6.72. The number of carbonyl (C=O) groups is 1. The molecule has 3 rings (SSSR count). The zero-order valence-corrected chi connectivity index (χ0v) is 19.9. The summed E-state index contributed by atoms with van der Waals surface area (Å²) in [6.07, 6.45) is 4.85. The number of methoxy groups -OCH3 is 1. The summed E-state index contributed by atoms with van der Waals surface area (Å²) in [7, 11) is 3.85. The molecule has 6 nitrogen and oxygen atoms in total. The van der Waals surface area contributed by atoms with E-state index >= 15 is 0 Å². The number of carbonyl (C=O) groups excluding carboxylic acids is 1. The number of rotatable bonds is 9. The van der Waals surface area contributed by atoms with Crippen LogP contribution in [0.4, 0.5) is 4.79 Å². The Morgan fingerprint density at radius 1 is 1.29 bits per heavy atom. The van der Waals surface area contributed by atoms with Crippen LogP contribution in [0.5, 0.6) is 0 Å². The number of ether oxygens (including phenoxy) is 3. The molecule has 1 aromatic heterocycles. The van der Waals surface area contributed by atoms with Gasteiger partial charge in [-0.15, -0.1) is 0 Å². The number of fused-ring (bicyclic) bond motifs is 1. The topological polar surface area (TPSA) is 52.9 Å². The van der Waals surface area contributed by atoms with Crippen LogP contribution in [0.1, 0.15) is 45.2 Å². The number of benzene rings is 1. The van der Waals surface area contributed by atoms with Gasteiger partial charge in [-0.2, -0.15) is 0 Å². The van der Waals surface area contributed by atoms with Crippen molar-refractivity contribution in [3.8, 4) is 0 Å². The molecule has 0 radical (unpaired) electrons. The quantitative estimate of drug-likeness (QED) is 0.538. The first-order valence-corrected chi connectivity index (χ1v) is 11.4. The molecule has 1 aliphatic heterocycles. The lowest BCUT2D eigenvalue weighted by Gasteiger charge is -2.30. The molecule has 6 heteroatoms. The smallest absolute Gasteiger partial charge is 0.412 e. The van der Waals surface area contributed by atoms with Gasteiger partial charge in [-0.1, -0.05) is 19.9 Å². The van der Waals surface area contributed by atoms with Gasteiger partial charge in [-0.25, -0.2) is 4.79 Å². The zero-order chi connectivity index (χ0) is 22.6. The molecule has 1 atom stereocenters. The molecule has 0 N–H and O–H groups in total. The molecule has 1 saturated heterocycles. The summed E-state index contributed by atoms with van der Waals surface area (Å²) in [4.78, 5) is 14.3. The molecular weight excluding hydrogens is 392 g/mol. The van der Waals surface area contributed by atoms with Gasteiger partial charge in [0.25, 0.3) is 0 Å². The SMILES string of the molecule is COCCCc1cn(C)c2ccc(CC(COC(=O)N3CCOC3(C)C)C(C)C)cc12. The van der Waals surface area contributed by atoms with Crippen molar-refractivity contribution >= 4 is 17.0 Å². The third-order valence-corrected chi connectivity index (χ3v) is 6.43. The molecule has 0 spiro atoms. The van der Waals surface area contributed by atoms with E-state index in [2.05, 4.69) is 49.9 Å². The first-order valence-electron chi connectivity index (χ1n) is 11.4. The van der Waals surface area contributed by atoms with E-state index in [4.69, 9.17) is 14.2 Å². The predicted octanol–water partition coefficient (Wildman–Crippen LogP) is 4.78. The Bertz CT molecular complexity index is 887. The molecule has 31 heavy (non-hydrogen) atoms. The van der Waals surface area contributed by atoms with Crippen molar-refractivity contribution in [2.45, 2.75) is 52.7 Å². The van der Waals surface area contributed by atoms with Crippen LogP contribution in [0.2, 0.25) is 0 Å². The predicted molar refractivity (Wildman–Crippen MR) is 123 cm³/mol. The second-order valence-corrected chi connectivity index (χ2v) is 9.45. The molecular formula is C25H38N2O4. The number of aryl methyl sites for hydroxylation is 2. The van der Waals surface area contributed by atoms with Crippen LogP contribution in [0, 0.1) is 11.8 Å². The Morgan fingerprint density at radius 3 is 2.71 bits per heavy atom. The number of nitrogens with zero attached hydrogens (tertiary/aromatic N) is 2. The van der Waals surface area contributed by atoms with Crippen molar-refractivity contribution in [3.05, 3.63) is 35.5 Å². The van der Waals surface area contributed by atoms with E-state index in [1.165, 1.54) is 22.0 Å². The van der Waals surface area contributed by atoms with Gasteiger partial charge in [-0.3, -0.25) is 4.90 Å². The van der Waals surface area contributed by atoms with Crippen LogP contribution in [0.3, 0.4) is 0 Å². The standard InChI is InChI=1S/C25H38N2O4/c1-18(2)21(17-30-24(28)27-11-13-31-25(27,3)4)14-19-9-10-23-22(15-19)20(16-26(23)5)8-7-12-29-6/h9-10,15-16,18,21H,7-8,11-14,17H2,1-6H3. The molecule has 0 bridgehead atoms. The molecule has 0 aliphatic carbocycles. The van der Waals surface area contributed by atoms with Crippen molar-refractivity contribution in [1.29, 1.82) is 0 Å². The first kappa shape index (κ1) is 23.6. The Kier molecular flexibility index (Phi) is 7.65. The maximum atomic E-state index is 12.6. The average Bonchev–Trinajstić information content (AvgIpc) is 3.23. The normalized spacial score (nSPS) is 16.9. The highest BCUT2D eigenvalue weighted by atomic mass is 16.6. The molecule has 1 amide bonds. The van der Waals surface area contributed by atoms with Crippen LogP contribution >= 0.6 is 0 Å². The van der Waals surface area contributed by atoms with Crippen LogP contribution < -0.4 is 0 Å². The van der Waals surface area contributed by atoms with Gasteiger partial charge >= 0.3 is 6.09 Å². The fraction of sp³-hybridized carbons (Fsp3) is 0.640. The van der Waals surface area contributed by atoms with E-state index in [0.717, 1.165) is 25.9 Å². The van der Waals surface area contributed by atoms with Gasteiger partial charge in [0.2, 0.25) is 0 Å². The molecule has 2 aromatic rings. The highest BCUT2D eigenvalue weighted by Gasteiger charge is 2.38. The molecule has 172 valence electrons. The van der Waals surface area contributed by atoms with E-state index in [1.807, 2.05) is 13.8 Å². The first-order chi connectivity index (χ1) is 14.7. The number of aromatic nitrogens is 1. The largest absolute Gasteiger partial charge is 0.449 e. The average molecular weight is 431 g/mol. The van der Waals surface area contributed by atoms with Gasteiger partial charge in [0.15, 0.2) is 0 Å². The summed E-state index contributed by atoms with van der Waals surface area (Å²) in [5.74, 6) is 0.664. The van der Waals surface area contributed by atoms with Crippen molar-refractivity contribution in [2.24, 2.45) is 18.9 Å². The maximum Gasteiger partial charge on any atom is 0.412 e. The summed E-state index contributed by atoms with van der Waals surface area (Å²) in [5.41, 5.74) is 3.30. The molecule has 0 saturated carbocycles. The highest BCUT2D eigenvalue weighted by molar-refractivity contribution is 5.84. The summed E-state index contributed by atoms with van der Waals surface area (Å²) < 4.78 is 18.8. The molecule has 1 aliphatic rings. The minimum atomic E-state index is -0.595. The molecule has 2 heterocycles. The Balaban J connectivity index is 1.69. The van der Waals surface area contributed by atoms with Gasteiger partial charge in [0.05, 0.1) is 19.8 Å². The minimum Gasteiger partial charge on any atom is -0.449 e. The van der Waals surface area contributed by atoms with Gasteiger partial charge in [0.1, 0.15) is 5.72 Å². The van der Waals surface area contributed by atoms with Gasteiger partial charge in [0, 0.05) is 37.9 Å². The number of hydrogen-bond donors (Lipinski definition) is 0. The Hall–Kier alpha value is -2.05. The zero-order valence-electron chi connectivity index (χ0n) is 19.9.